The third-order valence-corrected chi connectivity index (χ3v) is 4.29. The number of hydrogen-bond donors (Lipinski definition) is 1. The van der Waals surface area contributed by atoms with E-state index in [0.717, 1.165) is 5.75 Å². The Morgan fingerprint density at radius 1 is 1.35 bits per heavy atom. The Balaban J connectivity index is 2.09. The molecule has 1 heterocycles. The number of carbonyl (C=O) groups is 2. The van der Waals surface area contributed by atoms with Crippen LogP contribution in [-0.2, 0) is 11.3 Å². The number of amides is 3. The maximum Gasteiger partial charge on any atom is 0.325 e. The number of carbonyl (C=O) groups excluding carboxylic acids is 2. The first kappa shape index (κ1) is 15.5. The third-order valence-electron chi connectivity index (χ3n) is 3.06. The number of hydrogen-bond acceptors (Lipinski definition) is 3. The van der Waals surface area contributed by atoms with Crippen molar-refractivity contribution in [3.8, 4) is 0 Å². The summed E-state index contributed by atoms with van der Waals surface area (Å²) in [7, 11) is 0. The smallest absolute Gasteiger partial charge is 0.325 e. The molecule has 0 bridgehead atoms. The van der Waals surface area contributed by atoms with Gasteiger partial charge in [0.1, 0.15) is 6.04 Å². The second-order valence-electron chi connectivity index (χ2n) is 4.44. The highest BCUT2D eigenvalue weighted by Gasteiger charge is 2.37. The summed E-state index contributed by atoms with van der Waals surface area (Å²) in [6.07, 6.45) is 2.60. The minimum Gasteiger partial charge on any atom is -0.326 e. The lowest BCUT2D eigenvalue weighted by atomic mass is 10.2. The van der Waals surface area contributed by atoms with Crippen LogP contribution < -0.4 is 5.32 Å². The highest BCUT2D eigenvalue weighted by Crippen LogP contribution is 2.24. The molecule has 1 aliphatic rings. The molecule has 1 fully saturated rings. The number of rotatable bonds is 5. The Kier molecular flexibility index (Phi) is 5.18. The number of nitrogens with one attached hydrogen (secondary N) is 1. The lowest BCUT2D eigenvalue weighted by Gasteiger charge is -2.14. The molecule has 1 atom stereocenters. The lowest BCUT2D eigenvalue weighted by molar-refractivity contribution is -0.127. The van der Waals surface area contributed by atoms with Gasteiger partial charge in [-0.25, -0.2) is 4.79 Å². The molecule has 1 aromatic carbocycles. The fourth-order valence-corrected chi connectivity index (χ4v) is 2.92. The van der Waals surface area contributed by atoms with Crippen molar-refractivity contribution in [1.29, 1.82) is 0 Å². The Morgan fingerprint density at radius 3 is 2.75 bits per heavy atom. The van der Waals surface area contributed by atoms with E-state index in [0.29, 0.717) is 22.0 Å². The SMILES string of the molecule is CSCCC1NC(=O)N(Cc2ccc(Cl)cc2Cl)C1=O. The van der Waals surface area contributed by atoms with Gasteiger partial charge in [0.25, 0.3) is 5.91 Å². The van der Waals surface area contributed by atoms with Gasteiger partial charge < -0.3 is 5.32 Å². The van der Waals surface area contributed by atoms with Crippen molar-refractivity contribution in [3.05, 3.63) is 33.8 Å². The van der Waals surface area contributed by atoms with Crippen LogP contribution in [0.25, 0.3) is 0 Å². The molecule has 0 aromatic heterocycles. The highest BCUT2D eigenvalue weighted by molar-refractivity contribution is 7.98. The highest BCUT2D eigenvalue weighted by atomic mass is 35.5. The molecule has 108 valence electrons. The van der Waals surface area contributed by atoms with E-state index < -0.39 is 6.04 Å². The van der Waals surface area contributed by atoms with Crippen molar-refractivity contribution in [1.82, 2.24) is 10.2 Å². The Morgan fingerprint density at radius 2 is 2.10 bits per heavy atom. The maximum absolute atomic E-state index is 12.2. The van der Waals surface area contributed by atoms with Crippen molar-refractivity contribution in [3.63, 3.8) is 0 Å². The summed E-state index contributed by atoms with van der Waals surface area (Å²) in [6.45, 7) is 0.163. The van der Waals surface area contributed by atoms with Crippen LogP contribution in [-0.4, -0.2) is 34.9 Å². The summed E-state index contributed by atoms with van der Waals surface area (Å²) < 4.78 is 0. The van der Waals surface area contributed by atoms with E-state index in [9.17, 15) is 9.59 Å². The van der Waals surface area contributed by atoms with E-state index in [1.165, 1.54) is 4.90 Å². The summed E-state index contributed by atoms with van der Waals surface area (Å²) in [5, 5.41) is 3.67. The van der Waals surface area contributed by atoms with Crippen molar-refractivity contribution < 1.29 is 9.59 Å². The number of nitrogens with zero attached hydrogens (tertiary/aromatic N) is 1. The Hall–Kier alpha value is -0.910. The first-order valence-corrected chi connectivity index (χ1v) is 8.22. The van der Waals surface area contributed by atoms with Crippen LogP contribution in [0.15, 0.2) is 18.2 Å². The second-order valence-corrected chi connectivity index (χ2v) is 6.27. The predicted octanol–water partition coefficient (Wildman–Crippen LogP) is 3.17. The Bertz CT molecular complexity index is 539. The molecule has 1 aromatic rings. The topological polar surface area (TPSA) is 49.4 Å². The molecule has 0 saturated carbocycles. The van der Waals surface area contributed by atoms with Crippen LogP contribution in [0.3, 0.4) is 0 Å². The molecule has 3 amide bonds. The fraction of sp³-hybridized carbons (Fsp3) is 0.385. The summed E-state index contributed by atoms with van der Waals surface area (Å²) in [5.74, 6) is 0.627. The normalized spacial score (nSPS) is 18.6. The fourth-order valence-electron chi connectivity index (χ4n) is 1.98. The van der Waals surface area contributed by atoms with Crippen LogP contribution in [0.2, 0.25) is 10.0 Å². The molecule has 1 aliphatic heterocycles. The minimum absolute atomic E-state index is 0.163. The zero-order valence-electron chi connectivity index (χ0n) is 10.9. The maximum atomic E-state index is 12.2. The molecule has 1 saturated heterocycles. The number of halogens is 2. The van der Waals surface area contributed by atoms with Crippen LogP contribution in [0.1, 0.15) is 12.0 Å². The van der Waals surface area contributed by atoms with Gasteiger partial charge in [-0.3, -0.25) is 9.69 Å². The molecular formula is C13H14Cl2N2O2S. The summed E-state index contributed by atoms with van der Waals surface area (Å²) in [5.41, 5.74) is 0.699. The van der Waals surface area contributed by atoms with Gasteiger partial charge in [0.2, 0.25) is 0 Å². The first-order chi connectivity index (χ1) is 9.52. The molecule has 0 radical (unpaired) electrons. The van der Waals surface area contributed by atoms with E-state index in [1.54, 1.807) is 30.0 Å². The van der Waals surface area contributed by atoms with Crippen LogP contribution in [0.5, 0.6) is 0 Å². The third kappa shape index (κ3) is 3.40. The molecule has 0 aliphatic carbocycles. The van der Waals surface area contributed by atoms with E-state index in [1.807, 2.05) is 6.26 Å². The molecule has 0 spiro atoms. The molecule has 20 heavy (non-hydrogen) atoms. The standard InChI is InChI=1S/C13H14Cl2N2O2S/c1-20-5-4-11-12(18)17(13(19)16-11)7-8-2-3-9(14)6-10(8)15/h2-3,6,11H,4-5,7H2,1H3,(H,16,19). The molecular weight excluding hydrogens is 319 g/mol. The molecule has 1 unspecified atom stereocenters. The number of thioether (sulfide) groups is 1. The summed E-state index contributed by atoms with van der Waals surface area (Å²) >= 11 is 13.5. The van der Waals surface area contributed by atoms with Crippen molar-refractivity contribution in [2.75, 3.05) is 12.0 Å². The molecule has 4 nitrogen and oxygen atoms in total. The zero-order chi connectivity index (χ0) is 14.7. The summed E-state index contributed by atoms with van der Waals surface area (Å²) in [4.78, 5) is 25.2. The van der Waals surface area contributed by atoms with E-state index >= 15 is 0 Å². The van der Waals surface area contributed by atoms with Crippen LogP contribution in [0, 0.1) is 0 Å². The lowest BCUT2D eigenvalue weighted by Crippen LogP contribution is -2.31. The van der Waals surface area contributed by atoms with Crippen LogP contribution >= 0.6 is 35.0 Å². The van der Waals surface area contributed by atoms with Crippen molar-refractivity contribution in [2.45, 2.75) is 19.0 Å². The average Bonchev–Trinajstić information content (AvgIpc) is 2.66. The second kappa shape index (κ2) is 6.70. The van der Waals surface area contributed by atoms with Gasteiger partial charge in [-0.05, 0) is 36.1 Å². The number of benzene rings is 1. The zero-order valence-corrected chi connectivity index (χ0v) is 13.2. The van der Waals surface area contributed by atoms with E-state index in [2.05, 4.69) is 5.32 Å². The number of imide groups is 1. The average molecular weight is 333 g/mol. The molecule has 7 heteroatoms. The molecule has 1 N–H and O–H groups in total. The van der Waals surface area contributed by atoms with Gasteiger partial charge in [-0.2, -0.15) is 11.8 Å². The number of urea groups is 1. The monoisotopic (exact) mass is 332 g/mol. The van der Waals surface area contributed by atoms with Crippen molar-refractivity contribution in [2.24, 2.45) is 0 Å². The predicted molar refractivity (Wildman–Crippen MR) is 82.3 cm³/mol. The summed E-state index contributed by atoms with van der Waals surface area (Å²) in [6, 6.07) is 4.21. The van der Waals surface area contributed by atoms with Crippen LogP contribution in [0.4, 0.5) is 4.79 Å². The van der Waals surface area contributed by atoms with Gasteiger partial charge in [0, 0.05) is 10.0 Å². The van der Waals surface area contributed by atoms with Gasteiger partial charge >= 0.3 is 6.03 Å². The molecule has 2 rings (SSSR count). The van der Waals surface area contributed by atoms with Gasteiger partial charge in [-0.15, -0.1) is 0 Å². The minimum atomic E-state index is -0.430. The quantitative estimate of drug-likeness (QED) is 0.842. The first-order valence-electron chi connectivity index (χ1n) is 6.07. The van der Waals surface area contributed by atoms with Gasteiger partial charge in [0.05, 0.1) is 6.54 Å². The largest absolute Gasteiger partial charge is 0.326 e. The van der Waals surface area contributed by atoms with Crippen molar-refractivity contribution >= 4 is 46.9 Å². The van der Waals surface area contributed by atoms with E-state index in [4.69, 9.17) is 23.2 Å². The van der Waals surface area contributed by atoms with Gasteiger partial charge in [0.15, 0.2) is 0 Å². The van der Waals surface area contributed by atoms with Gasteiger partial charge in [-0.1, -0.05) is 29.3 Å². The van der Waals surface area contributed by atoms with E-state index in [-0.39, 0.29) is 18.5 Å². The Labute approximate surface area is 131 Å².